The van der Waals surface area contributed by atoms with Crippen LogP contribution in [0, 0.1) is 0 Å². The Morgan fingerprint density at radius 2 is 1.40 bits per heavy atom. The van der Waals surface area contributed by atoms with Crippen molar-refractivity contribution in [1.29, 1.82) is 0 Å². The van der Waals surface area contributed by atoms with Gasteiger partial charge in [0.05, 0.1) is 0 Å². The van der Waals surface area contributed by atoms with Crippen LogP contribution in [-0.4, -0.2) is 48.9 Å². The van der Waals surface area contributed by atoms with Gasteiger partial charge in [-0.15, -0.1) is 0 Å². The van der Waals surface area contributed by atoms with E-state index in [1.54, 1.807) is 0 Å². The van der Waals surface area contributed by atoms with Gasteiger partial charge in [-0.05, 0) is 0 Å². The van der Waals surface area contributed by atoms with E-state index in [1.807, 2.05) is 0 Å². The standard InChI is InChI=1S/C4H10.Ba.2H/c1-3-4-2;;;/h3-4H2,1-2H3;;;/q;+2;2*-1. The first-order chi connectivity index (χ1) is 1.91. The second-order valence-electron chi connectivity index (χ2n) is 1.000. The average molecular weight is 197 g/mol. The molecule has 0 aliphatic heterocycles. The van der Waals surface area contributed by atoms with Gasteiger partial charge in [0.2, 0.25) is 0 Å². The maximum Gasteiger partial charge on any atom is 2.00 e. The van der Waals surface area contributed by atoms with Crippen molar-refractivity contribution in [3.8, 4) is 0 Å². The minimum atomic E-state index is 0. The zero-order valence-corrected chi connectivity index (χ0v) is 8.56. The average Bonchev–Trinajstić information content (AvgIpc) is 1.37. The molecule has 0 amide bonds. The van der Waals surface area contributed by atoms with Gasteiger partial charge in [0.1, 0.15) is 0 Å². The Kier molecular flexibility index (Phi) is 17.8. The van der Waals surface area contributed by atoms with Gasteiger partial charge in [-0.2, -0.15) is 0 Å². The summed E-state index contributed by atoms with van der Waals surface area (Å²) in [6, 6.07) is 0. The molecule has 0 saturated heterocycles. The molecule has 0 bridgehead atoms. The summed E-state index contributed by atoms with van der Waals surface area (Å²) in [5.74, 6) is 0. The molecule has 30 valence electrons. The predicted molar refractivity (Wildman–Crippen MR) is 28.6 cm³/mol. The molecule has 0 radical (unpaired) electrons. The van der Waals surface area contributed by atoms with Crippen LogP contribution in [0.3, 0.4) is 0 Å². The predicted octanol–water partition coefficient (Wildman–Crippen LogP) is 1.65. The summed E-state index contributed by atoms with van der Waals surface area (Å²) < 4.78 is 0. The smallest absolute Gasteiger partial charge is 1.00 e. The molecule has 0 nitrogen and oxygen atoms in total. The summed E-state index contributed by atoms with van der Waals surface area (Å²) in [6.07, 6.45) is 2.64. The molecule has 1 heteroatoms. The largest absolute Gasteiger partial charge is 2.00 e. The van der Waals surface area contributed by atoms with E-state index >= 15 is 0 Å². The molecular formula is C4H12Ba. The second-order valence-corrected chi connectivity index (χ2v) is 1.000. The Labute approximate surface area is 77.4 Å². The molecule has 0 aromatic carbocycles. The summed E-state index contributed by atoms with van der Waals surface area (Å²) in [5.41, 5.74) is 0. The molecule has 0 aliphatic carbocycles. The van der Waals surface area contributed by atoms with Crippen molar-refractivity contribution in [1.82, 2.24) is 0 Å². The quantitative estimate of drug-likeness (QED) is 0.561. The molecule has 0 N–H and O–H groups in total. The first kappa shape index (κ1) is 9.76. The van der Waals surface area contributed by atoms with Crippen LogP contribution in [0.1, 0.15) is 29.5 Å². The van der Waals surface area contributed by atoms with Gasteiger partial charge < -0.3 is 2.85 Å². The van der Waals surface area contributed by atoms with Crippen LogP contribution in [0.15, 0.2) is 0 Å². The summed E-state index contributed by atoms with van der Waals surface area (Å²) in [7, 11) is 0. The van der Waals surface area contributed by atoms with Crippen LogP contribution in [0.25, 0.3) is 0 Å². The molecular weight excluding hydrogens is 185 g/mol. The van der Waals surface area contributed by atoms with Crippen molar-refractivity contribution in [2.24, 2.45) is 0 Å². The topological polar surface area (TPSA) is 0 Å². The van der Waals surface area contributed by atoms with Crippen LogP contribution >= 0.6 is 0 Å². The molecule has 0 unspecified atom stereocenters. The van der Waals surface area contributed by atoms with Gasteiger partial charge in [0, 0.05) is 0 Å². The molecule has 0 aromatic rings. The van der Waals surface area contributed by atoms with E-state index in [9.17, 15) is 0 Å². The number of unbranched alkanes of at least 4 members (excludes halogenated alkanes) is 1. The minimum Gasteiger partial charge on any atom is -1.00 e. The summed E-state index contributed by atoms with van der Waals surface area (Å²) >= 11 is 0. The third-order valence-electron chi connectivity index (χ3n) is 0.500. The van der Waals surface area contributed by atoms with Gasteiger partial charge in [-0.3, -0.25) is 0 Å². The van der Waals surface area contributed by atoms with Crippen molar-refractivity contribution >= 4 is 48.9 Å². The Morgan fingerprint density at radius 3 is 1.40 bits per heavy atom. The van der Waals surface area contributed by atoms with E-state index in [0.29, 0.717) is 0 Å². The Balaban J connectivity index is -0.0000000150. The van der Waals surface area contributed by atoms with Crippen LogP contribution < -0.4 is 0 Å². The van der Waals surface area contributed by atoms with E-state index < -0.39 is 0 Å². The van der Waals surface area contributed by atoms with Gasteiger partial charge in [0.25, 0.3) is 0 Å². The van der Waals surface area contributed by atoms with Crippen LogP contribution in [0.5, 0.6) is 0 Å². The summed E-state index contributed by atoms with van der Waals surface area (Å²) in [4.78, 5) is 0. The number of hydrogen-bond acceptors (Lipinski definition) is 0. The Morgan fingerprint density at radius 1 is 1.20 bits per heavy atom. The molecule has 0 fully saturated rings. The van der Waals surface area contributed by atoms with Crippen molar-refractivity contribution in [2.75, 3.05) is 0 Å². The van der Waals surface area contributed by atoms with Gasteiger partial charge in [-0.1, -0.05) is 26.7 Å². The SMILES string of the molecule is CCCC.[Ba+2].[H-].[H-]. The fourth-order valence-corrected chi connectivity index (χ4v) is 0. The van der Waals surface area contributed by atoms with E-state index in [4.69, 9.17) is 0 Å². The van der Waals surface area contributed by atoms with E-state index in [-0.39, 0.29) is 51.7 Å². The fraction of sp³-hybridized carbons (Fsp3) is 1.00. The third kappa shape index (κ3) is 10.7. The molecule has 0 heterocycles. The van der Waals surface area contributed by atoms with Gasteiger partial charge in [-0.25, -0.2) is 0 Å². The number of hydrogen-bond donors (Lipinski definition) is 0. The van der Waals surface area contributed by atoms with E-state index in [1.165, 1.54) is 12.8 Å². The van der Waals surface area contributed by atoms with Crippen LogP contribution in [0.2, 0.25) is 0 Å². The van der Waals surface area contributed by atoms with Crippen molar-refractivity contribution in [2.45, 2.75) is 26.7 Å². The van der Waals surface area contributed by atoms with E-state index in [2.05, 4.69) is 13.8 Å². The van der Waals surface area contributed by atoms with Crippen molar-refractivity contribution in [3.05, 3.63) is 0 Å². The third-order valence-corrected chi connectivity index (χ3v) is 0.500. The Hall–Kier alpha value is 1.57. The molecule has 0 rings (SSSR count). The molecule has 0 atom stereocenters. The Bertz CT molecular complexity index is 11.7. The molecule has 5 heavy (non-hydrogen) atoms. The van der Waals surface area contributed by atoms with Gasteiger partial charge >= 0.3 is 48.9 Å². The first-order valence-electron chi connectivity index (χ1n) is 1.91. The maximum atomic E-state index is 2.18. The molecule has 0 aliphatic rings. The monoisotopic (exact) mass is 198 g/mol. The van der Waals surface area contributed by atoms with Crippen LogP contribution in [0.4, 0.5) is 0 Å². The van der Waals surface area contributed by atoms with Gasteiger partial charge in [0.15, 0.2) is 0 Å². The van der Waals surface area contributed by atoms with E-state index in [0.717, 1.165) is 0 Å². The van der Waals surface area contributed by atoms with Crippen molar-refractivity contribution in [3.63, 3.8) is 0 Å². The van der Waals surface area contributed by atoms with Crippen molar-refractivity contribution < 1.29 is 2.85 Å². The minimum absolute atomic E-state index is 0. The fourth-order valence-electron chi connectivity index (χ4n) is 0. The van der Waals surface area contributed by atoms with Crippen LogP contribution in [-0.2, 0) is 0 Å². The normalized spacial score (nSPS) is 6.00. The molecule has 0 saturated carbocycles. The zero-order chi connectivity index (χ0) is 3.41. The summed E-state index contributed by atoms with van der Waals surface area (Å²) in [5, 5.41) is 0. The maximum absolute atomic E-state index is 2.18. The molecule has 0 spiro atoms. The summed E-state index contributed by atoms with van der Waals surface area (Å²) in [6.45, 7) is 4.36. The number of rotatable bonds is 1. The zero-order valence-electron chi connectivity index (χ0n) is 6.12. The first-order valence-corrected chi connectivity index (χ1v) is 1.91. The molecule has 0 aromatic heterocycles. The second kappa shape index (κ2) is 9.13.